The number of nitrogens with one attached hydrogen (secondary N) is 1. The van der Waals surface area contributed by atoms with Crippen LogP contribution in [-0.2, 0) is 16.4 Å². The Bertz CT molecular complexity index is 791. The number of fused-ring (bicyclic) bond motifs is 1. The number of benzene rings is 2. The highest BCUT2D eigenvalue weighted by atomic mass is 32.2. The maximum absolute atomic E-state index is 12.4. The van der Waals surface area contributed by atoms with E-state index >= 15 is 0 Å². The number of sulfonamides is 1. The van der Waals surface area contributed by atoms with Gasteiger partial charge >= 0.3 is 0 Å². The van der Waals surface area contributed by atoms with E-state index in [4.69, 9.17) is 10.5 Å². The lowest BCUT2D eigenvalue weighted by molar-refractivity contribution is 0.254. The van der Waals surface area contributed by atoms with Crippen molar-refractivity contribution in [3.8, 4) is 5.75 Å². The Balaban J connectivity index is 1.71. The van der Waals surface area contributed by atoms with Crippen molar-refractivity contribution in [1.29, 1.82) is 0 Å². The minimum atomic E-state index is -3.59. The quantitative estimate of drug-likeness (QED) is 0.877. The summed E-state index contributed by atoms with van der Waals surface area (Å²) >= 11 is 0. The van der Waals surface area contributed by atoms with Gasteiger partial charge in [0.2, 0.25) is 10.0 Å². The predicted octanol–water partition coefficient (Wildman–Crippen LogP) is 1.99. The molecule has 0 radical (unpaired) electrons. The summed E-state index contributed by atoms with van der Waals surface area (Å²) < 4.78 is 33.1. The van der Waals surface area contributed by atoms with E-state index in [9.17, 15) is 8.42 Å². The minimum Gasteiger partial charge on any atom is -0.490 e. The summed E-state index contributed by atoms with van der Waals surface area (Å²) in [6, 6.07) is 14.0. The third-order valence-corrected chi connectivity index (χ3v) is 5.32. The topological polar surface area (TPSA) is 81.4 Å². The number of rotatable bonds is 5. The van der Waals surface area contributed by atoms with E-state index in [1.165, 1.54) is 0 Å². The fourth-order valence-corrected chi connectivity index (χ4v) is 3.78. The van der Waals surface area contributed by atoms with Crippen LogP contribution in [0.25, 0.3) is 0 Å². The van der Waals surface area contributed by atoms with E-state index in [1.54, 1.807) is 18.2 Å². The molecule has 0 aliphatic carbocycles. The third-order valence-electron chi connectivity index (χ3n) is 3.90. The number of nitrogens with two attached hydrogens (primary N) is 1. The van der Waals surface area contributed by atoms with Gasteiger partial charge < -0.3 is 10.5 Å². The number of hydrogen-bond acceptors (Lipinski definition) is 4. The fourth-order valence-electron chi connectivity index (χ4n) is 2.67. The smallest absolute Gasteiger partial charge is 0.240 e. The van der Waals surface area contributed by atoms with Crippen LogP contribution < -0.4 is 15.2 Å². The van der Waals surface area contributed by atoms with Crippen molar-refractivity contribution >= 4 is 10.0 Å². The zero-order valence-electron chi connectivity index (χ0n) is 12.9. The molecule has 0 saturated heterocycles. The molecular weight excluding hydrogens is 312 g/mol. The second-order valence-corrected chi connectivity index (χ2v) is 7.54. The Kier molecular flexibility index (Phi) is 4.39. The third kappa shape index (κ3) is 3.55. The molecule has 1 aliphatic heterocycles. The standard InChI is InChI=1S/C17H20N2O3S/c1-12-9-14-10-15(7-8-17(14)22-12)23(20,21)19-11-16(18)13-5-3-2-4-6-13/h2-8,10,12,16,19H,9,11,18H2,1H3/t12-,16+/m0/s1. The molecule has 3 rings (SSSR count). The second kappa shape index (κ2) is 6.31. The zero-order valence-corrected chi connectivity index (χ0v) is 13.7. The van der Waals surface area contributed by atoms with Crippen LogP contribution in [0.2, 0.25) is 0 Å². The van der Waals surface area contributed by atoms with Crippen molar-refractivity contribution in [3.05, 3.63) is 59.7 Å². The minimum absolute atomic E-state index is 0.0856. The maximum atomic E-state index is 12.4. The predicted molar refractivity (Wildman–Crippen MR) is 88.8 cm³/mol. The average molecular weight is 332 g/mol. The molecule has 0 spiro atoms. The van der Waals surface area contributed by atoms with Gasteiger partial charge in [0.15, 0.2) is 0 Å². The van der Waals surface area contributed by atoms with Gasteiger partial charge in [-0.1, -0.05) is 30.3 Å². The Morgan fingerprint density at radius 1 is 1.26 bits per heavy atom. The molecule has 0 aromatic heterocycles. The van der Waals surface area contributed by atoms with E-state index in [0.717, 1.165) is 23.3 Å². The Labute approximate surface area is 136 Å². The maximum Gasteiger partial charge on any atom is 0.240 e. The largest absolute Gasteiger partial charge is 0.490 e. The molecule has 0 fully saturated rings. The fraction of sp³-hybridized carbons (Fsp3) is 0.294. The first-order valence-corrected chi connectivity index (χ1v) is 9.04. The molecule has 2 aromatic carbocycles. The molecule has 6 heteroatoms. The van der Waals surface area contributed by atoms with Crippen LogP contribution >= 0.6 is 0 Å². The highest BCUT2D eigenvalue weighted by Gasteiger charge is 2.23. The van der Waals surface area contributed by atoms with E-state index in [-0.39, 0.29) is 23.6 Å². The Morgan fingerprint density at radius 3 is 2.74 bits per heavy atom. The second-order valence-electron chi connectivity index (χ2n) is 5.77. The number of ether oxygens (including phenoxy) is 1. The van der Waals surface area contributed by atoms with Crippen LogP contribution in [0, 0.1) is 0 Å². The summed E-state index contributed by atoms with van der Waals surface area (Å²) in [5.74, 6) is 0.762. The summed E-state index contributed by atoms with van der Waals surface area (Å²) in [6.07, 6.45) is 0.810. The van der Waals surface area contributed by atoms with Crippen LogP contribution in [0.3, 0.4) is 0 Å². The summed E-state index contributed by atoms with van der Waals surface area (Å²) in [7, 11) is -3.59. The van der Waals surface area contributed by atoms with Gasteiger partial charge in [0.05, 0.1) is 4.90 Å². The van der Waals surface area contributed by atoms with Gasteiger partial charge in [0.1, 0.15) is 11.9 Å². The normalized spacial score (nSPS) is 18.3. The van der Waals surface area contributed by atoms with Crippen molar-refractivity contribution in [2.45, 2.75) is 30.4 Å². The molecule has 122 valence electrons. The van der Waals surface area contributed by atoms with Crippen molar-refractivity contribution in [2.75, 3.05) is 6.54 Å². The molecular formula is C17H20N2O3S. The van der Waals surface area contributed by atoms with Crippen molar-refractivity contribution in [3.63, 3.8) is 0 Å². The first-order valence-electron chi connectivity index (χ1n) is 7.55. The lowest BCUT2D eigenvalue weighted by Crippen LogP contribution is -2.32. The van der Waals surface area contributed by atoms with E-state index in [0.29, 0.717) is 0 Å². The average Bonchev–Trinajstić information content (AvgIpc) is 2.92. The van der Waals surface area contributed by atoms with E-state index < -0.39 is 10.0 Å². The molecule has 5 nitrogen and oxygen atoms in total. The molecule has 2 atom stereocenters. The lowest BCUT2D eigenvalue weighted by Gasteiger charge is -2.14. The van der Waals surface area contributed by atoms with Gasteiger partial charge in [-0.2, -0.15) is 0 Å². The van der Waals surface area contributed by atoms with Crippen molar-refractivity contribution < 1.29 is 13.2 Å². The SMILES string of the molecule is C[C@H]1Cc2cc(S(=O)(=O)NC[C@@H](N)c3ccccc3)ccc2O1. The van der Waals surface area contributed by atoms with Crippen LogP contribution in [0.5, 0.6) is 5.75 Å². The van der Waals surface area contributed by atoms with Crippen LogP contribution in [0.1, 0.15) is 24.1 Å². The zero-order chi connectivity index (χ0) is 16.4. The van der Waals surface area contributed by atoms with Crippen molar-refractivity contribution in [1.82, 2.24) is 4.72 Å². The van der Waals surface area contributed by atoms with Gasteiger partial charge in [-0.3, -0.25) is 0 Å². The summed E-state index contributed by atoms with van der Waals surface area (Å²) in [4.78, 5) is 0.245. The lowest BCUT2D eigenvalue weighted by atomic mass is 10.1. The van der Waals surface area contributed by atoms with Crippen LogP contribution in [0.15, 0.2) is 53.4 Å². The first-order chi connectivity index (χ1) is 11.0. The van der Waals surface area contributed by atoms with E-state index in [2.05, 4.69) is 4.72 Å². The van der Waals surface area contributed by atoms with Gasteiger partial charge in [-0.15, -0.1) is 0 Å². The summed E-state index contributed by atoms with van der Waals surface area (Å²) in [5, 5.41) is 0. The molecule has 1 heterocycles. The van der Waals surface area contributed by atoms with Crippen LogP contribution in [-0.4, -0.2) is 21.1 Å². The van der Waals surface area contributed by atoms with E-state index in [1.807, 2.05) is 37.3 Å². The molecule has 23 heavy (non-hydrogen) atoms. The summed E-state index contributed by atoms with van der Waals surface area (Å²) in [5.41, 5.74) is 7.86. The van der Waals surface area contributed by atoms with Crippen molar-refractivity contribution in [2.24, 2.45) is 5.73 Å². The van der Waals surface area contributed by atoms with Gasteiger partial charge in [-0.25, -0.2) is 13.1 Å². The van der Waals surface area contributed by atoms with Gasteiger partial charge in [-0.05, 0) is 36.2 Å². The van der Waals surface area contributed by atoms with Crippen LogP contribution in [0.4, 0.5) is 0 Å². The molecule has 0 unspecified atom stereocenters. The monoisotopic (exact) mass is 332 g/mol. The molecule has 2 aromatic rings. The Hall–Kier alpha value is -1.89. The number of hydrogen-bond donors (Lipinski definition) is 2. The molecule has 0 saturated carbocycles. The van der Waals surface area contributed by atoms with Gasteiger partial charge in [0, 0.05) is 19.0 Å². The highest BCUT2D eigenvalue weighted by molar-refractivity contribution is 7.89. The molecule has 1 aliphatic rings. The first kappa shape index (κ1) is 16.0. The molecule has 0 bridgehead atoms. The Morgan fingerprint density at radius 2 is 2.00 bits per heavy atom. The van der Waals surface area contributed by atoms with Gasteiger partial charge in [0.25, 0.3) is 0 Å². The highest BCUT2D eigenvalue weighted by Crippen LogP contribution is 2.30. The molecule has 3 N–H and O–H groups in total. The molecule has 0 amide bonds. The summed E-state index contributed by atoms with van der Waals surface area (Å²) in [6.45, 7) is 2.11.